The number of carbonyl (C=O) groups is 2. The van der Waals surface area contributed by atoms with Gasteiger partial charge in [0.25, 0.3) is 5.91 Å². The Kier molecular flexibility index (Phi) is 4.36. The number of carboxylic acids is 1. The zero-order valence-corrected chi connectivity index (χ0v) is 11.8. The third-order valence-electron chi connectivity index (χ3n) is 2.82. The molecule has 2 heterocycles. The summed E-state index contributed by atoms with van der Waals surface area (Å²) in [5.41, 5.74) is 0.884. The molecule has 0 aromatic carbocycles. The number of nitrogens with one attached hydrogen (secondary N) is 1. The van der Waals surface area contributed by atoms with Gasteiger partial charge in [-0.15, -0.1) is 0 Å². The summed E-state index contributed by atoms with van der Waals surface area (Å²) in [5, 5.41) is 15.2. The van der Waals surface area contributed by atoms with E-state index in [4.69, 9.17) is 9.52 Å². The molecule has 0 aliphatic rings. The number of aromatic nitrogens is 3. The molecule has 0 spiro atoms. The summed E-state index contributed by atoms with van der Waals surface area (Å²) in [6.07, 6.45) is 3.71. The highest BCUT2D eigenvalue weighted by atomic mass is 16.4. The SMILES string of the molecule is Cc1oc(-c2cnn(C)c2)nc1C(=O)NCCCC(=O)O. The van der Waals surface area contributed by atoms with Gasteiger partial charge < -0.3 is 14.8 Å². The predicted octanol–water partition coefficient (Wildman–Crippen LogP) is 0.978. The molecule has 0 saturated carbocycles. The van der Waals surface area contributed by atoms with Crippen molar-refractivity contribution in [2.24, 2.45) is 7.05 Å². The largest absolute Gasteiger partial charge is 0.481 e. The first-order valence-corrected chi connectivity index (χ1v) is 6.44. The molecule has 0 unspecified atom stereocenters. The van der Waals surface area contributed by atoms with Crippen molar-refractivity contribution in [3.05, 3.63) is 23.8 Å². The van der Waals surface area contributed by atoms with E-state index in [1.54, 1.807) is 31.0 Å². The molecule has 0 radical (unpaired) electrons. The van der Waals surface area contributed by atoms with E-state index in [1.807, 2.05) is 0 Å². The summed E-state index contributed by atoms with van der Waals surface area (Å²) in [7, 11) is 1.77. The van der Waals surface area contributed by atoms with Crippen LogP contribution in [0.3, 0.4) is 0 Å². The first-order chi connectivity index (χ1) is 9.97. The first kappa shape index (κ1) is 14.8. The molecule has 0 bridgehead atoms. The molecule has 2 aromatic heterocycles. The van der Waals surface area contributed by atoms with Crippen LogP contribution < -0.4 is 5.32 Å². The smallest absolute Gasteiger partial charge is 0.303 e. The summed E-state index contributed by atoms with van der Waals surface area (Å²) < 4.78 is 7.07. The van der Waals surface area contributed by atoms with Gasteiger partial charge in [0, 0.05) is 26.2 Å². The Morgan fingerprint density at radius 3 is 2.86 bits per heavy atom. The average Bonchev–Trinajstić information content (AvgIpc) is 3.00. The van der Waals surface area contributed by atoms with Gasteiger partial charge >= 0.3 is 5.97 Å². The normalized spacial score (nSPS) is 10.6. The molecule has 1 amide bonds. The van der Waals surface area contributed by atoms with Crippen molar-refractivity contribution in [1.29, 1.82) is 0 Å². The molecule has 0 atom stereocenters. The van der Waals surface area contributed by atoms with Crippen LogP contribution in [0.15, 0.2) is 16.8 Å². The van der Waals surface area contributed by atoms with Crippen molar-refractivity contribution < 1.29 is 19.1 Å². The lowest BCUT2D eigenvalue weighted by Crippen LogP contribution is -2.25. The molecule has 0 saturated heterocycles. The van der Waals surface area contributed by atoms with Crippen LogP contribution in [0.2, 0.25) is 0 Å². The molecule has 8 heteroatoms. The van der Waals surface area contributed by atoms with Crippen LogP contribution in [0.25, 0.3) is 11.5 Å². The van der Waals surface area contributed by atoms with Gasteiger partial charge in [-0.05, 0) is 13.3 Å². The van der Waals surface area contributed by atoms with Gasteiger partial charge in [0.15, 0.2) is 5.69 Å². The lowest BCUT2D eigenvalue weighted by molar-refractivity contribution is -0.137. The Balaban J connectivity index is 2.01. The van der Waals surface area contributed by atoms with Crippen LogP contribution in [-0.2, 0) is 11.8 Å². The molecule has 2 aromatic rings. The second kappa shape index (κ2) is 6.21. The number of hydrogen-bond donors (Lipinski definition) is 2. The van der Waals surface area contributed by atoms with E-state index in [0.717, 1.165) is 0 Å². The number of hydrogen-bond acceptors (Lipinski definition) is 5. The Morgan fingerprint density at radius 1 is 1.48 bits per heavy atom. The molecule has 0 fully saturated rings. The molecule has 2 N–H and O–H groups in total. The molecule has 0 aliphatic carbocycles. The van der Waals surface area contributed by atoms with Crippen LogP contribution in [0, 0.1) is 6.92 Å². The van der Waals surface area contributed by atoms with Crippen LogP contribution >= 0.6 is 0 Å². The second-order valence-electron chi connectivity index (χ2n) is 4.58. The van der Waals surface area contributed by atoms with Crippen molar-refractivity contribution >= 4 is 11.9 Å². The van der Waals surface area contributed by atoms with Crippen molar-refractivity contribution in [3.8, 4) is 11.5 Å². The fourth-order valence-electron chi connectivity index (χ4n) is 1.79. The fraction of sp³-hybridized carbons (Fsp3) is 0.385. The summed E-state index contributed by atoms with van der Waals surface area (Å²) >= 11 is 0. The molecule has 2 rings (SSSR count). The first-order valence-electron chi connectivity index (χ1n) is 6.44. The van der Waals surface area contributed by atoms with Gasteiger partial charge in [-0.1, -0.05) is 0 Å². The van der Waals surface area contributed by atoms with E-state index >= 15 is 0 Å². The summed E-state index contributed by atoms with van der Waals surface area (Å²) in [6.45, 7) is 1.93. The second-order valence-corrected chi connectivity index (χ2v) is 4.58. The Bertz CT molecular complexity index is 659. The Labute approximate surface area is 120 Å². The van der Waals surface area contributed by atoms with Crippen LogP contribution in [-0.4, -0.2) is 38.3 Å². The maximum atomic E-state index is 12.0. The van der Waals surface area contributed by atoms with Gasteiger partial charge in [0.05, 0.1) is 11.8 Å². The standard InChI is InChI=1S/C13H16N4O4/c1-8-11(12(20)14-5-3-4-10(18)19)16-13(21-8)9-6-15-17(2)7-9/h6-7H,3-5H2,1-2H3,(H,14,20)(H,18,19). The summed E-state index contributed by atoms with van der Waals surface area (Å²) in [6, 6.07) is 0. The molecule has 8 nitrogen and oxygen atoms in total. The number of nitrogens with zero attached hydrogens (tertiary/aromatic N) is 3. The van der Waals surface area contributed by atoms with Crippen molar-refractivity contribution in [2.45, 2.75) is 19.8 Å². The zero-order valence-electron chi connectivity index (χ0n) is 11.8. The molecule has 112 valence electrons. The zero-order chi connectivity index (χ0) is 15.4. The maximum absolute atomic E-state index is 12.0. The number of carboxylic acid groups (broad SMARTS) is 1. The van der Waals surface area contributed by atoms with Crippen LogP contribution in [0.1, 0.15) is 29.1 Å². The van der Waals surface area contributed by atoms with Gasteiger partial charge in [0.1, 0.15) is 5.76 Å². The van der Waals surface area contributed by atoms with Crippen LogP contribution in [0.5, 0.6) is 0 Å². The van der Waals surface area contributed by atoms with E-state index in [2.05, 4.69) is 15.4 Å². The Hall–Kier alpha value is -2.64. The number of aliphatic carboxylic acids is 1. The van der Waals surface area contributed by atoms with Crippen molar-refractivity contribution in [2.75, 3.05) is 6.54 Å². The molecular weight excluding hydrogens is 276 g/mol. The number of aryl methyl sites for hydroxylation is 2. The predicted molar refractivity (Wildman–Crippen MR) is 72.6 cm³/mol. The average molecular weight is 292 g/mol. The molecule has 21 heavy (non-hydrogen) atoms. The summed E-state index contributed by atoms with van der Waals surface area (Å²) in [4.78, 5) is 26.5. The van der Waals surface area contributed by atoms with Crippen LogP contribution in [0.4, 0.5) is 0 Å². The third kappa shape index (κ3) is 3.68. The number of carbonyl (C=O) groups excluding carboxylic acids is 1. The quantitative estimate of drug-likeness (QED) is 0.768. The minimum atomic E-state index is -0.888. The number of oxazole rings is 1. The highest BCUT2D eigenvalue weighted by Gasteiger charge is 2.18. The number of rotatable bonds is 6. The van der Waals surface area contributed by atoms with E-state index < -0.39 is 5.97 Å². The van der Waals surface area contributed by atoms with Gasteiger partial charge in [0.2, 0.25) is 5.89 Å². The van der Waals surface area contributed by atoms with Gasteiger partial charge in [-0.2, -0.15) is 5.10 Å². The van der Waals surface area contributed by atoms with Crippen molar-refractivity contribution in [1.82, 2.24) is 20.1 Å². The lowest BCUT2D eigenvalue weighted by atomic mass is 10.3. The van der Waals surface area contributed by atoms with Gasteiger partial charge in [-0.25, -0.2) is 4.98 Å². The maximum Gasteiger partial charge on any atom is 0.303 e. The fourth-order valence-corrected chi connectivity index (χ4v) is 1.79. The van der Waals surface area contributed by atoms with E-state index in [1.165, 1.54) is 0 Å². The summed E-state index contributed by atoms with van der Waals surface area (Å²) in [5.74, 6) is -0.529. The number of amides is 1. The highest BCUT2D eigenvalue weighted by molar-refractivity contribution is 5.93. The Morgan fingerprint density at radius 2 is 2.24 bits per heavy atom. The van der Waals surface area contributed by atoms with E-state index in [0.29, 0.717) is 23.6 Å². The third-order valence-corrected chi connectivity index (χ3v) is 2.82. The van der Waals surface area contributed by atoms with E-state index in [-0.39, 0.29) is 24.6 Å². The van der Waals surface area contributed by atoms with E-state index in [9.17, 15) is 9.59 Å². The minimum Gasteiger partial charge on any atom is -0.481 e. The minimum absolute atomic E-state index is 0.0129. The lowest BCUT2D eigenvalue weighted by Gasteiger charge is -2.01. The molecule has 0 aliphatic heterocycles. The monoisotopic (exact) mass is 292 g/mol. The highest BCUT2D eigenvalue weighted by Crippen LogP contribution is 2.20. The topological polar surface area (TPSA) is 110 Å². The van der Waals surface area contributed by atoms with Gasteiger partial charge in [-0.3, -0.25) is 14.3 Å². The molecular formula is C13H16N4O4. The van der Waals surface area contributed by atoms with Crippen molar-refractivity contribution in [3.63, 3.8) is 0 Å².